The molecule has 1 unspecified atom stereocenters. The lowest BCUT2D eigenvalue weighted by Crippen LogP contribution is -2.63. The molecule has 3 nitrogen and oxygen atoms in total. The maximum Gasteiger partial charge on any atom is 0.187 e. The van der Waals surface area contributed by atoms with E-state index in [1.807, 2.05) is 4.90 Å². The van der Waals surface area contributed by atoms with Gasteiger partial charge in [0.2, 0.25) is 0 Å². The van der Waals surface area contributed by atoms with Crippen LogP contribution < -0.4 is 0 Å². The number of carbonyl (C=O) groups excluding carboxylic acids is 1. The number of hydrogen-bond acceptors (Lipinski definition) is 3. The smallest absolute Gasteiger partial charge is 0.187 e. The molecule has 1 aromatic carbocycles. The molecule has 1 atom stereocenters. The fraction of sp³-hybridized carbons (Fsp3) is 0.462. The second-order valence-electron chi connectivity index (χ2n) is 4.93. The van der Waals surface area contributed by atoms with Gasteiger partial charge in [-0.3, -0.25) is 14.6 Å². The first-order chi connectivity index (χ1) is 9.08. The number of Topliss-reactive ketones (excluding diaryl/α,β-unsaturated/α-hetero) is 1. The summed E-state index contributed by atoms with van der Waals surface area (Å²) in [6.45, 7) is 3.98. The maximum atomic E-state index is 14.0. The molecule has 0 aromatic heterocycles. The van der Waals surface area contributed by atoms with Crippen LogP contribution in [0.15, 0.2) is 16.6 Å². The molecule has 0 amide bonds. The lowest BCUT2D eigenvalue weighted by atomic mass is 9.97. The Bertz CT molecular complexity index is 530. The fourth-order valence-corrected chi connectivity index (χ4v) is 3.12. The first-order valence-electron chi connectivity index (χ1n) is 6.22. The molecule has 3 heterocycles. The number of fused-ring (bicyclic) bond motifs is 3. The molecule has 0 aliphatic carbocycles. The summed E-state index contributed by atoms with van der Waals surface area (Å²) < 4.78 is 27.9. The molecule has 3 aliphatic heterocycles. The number of hydrogen-bond donors (Lipinski definition) is 0. The summed E-state index contributed by atoms with van der Waals surface area (Å²) in [6.07, 6.45) is 0. The van der Waals surface area contributed by atoms with Gasteiger partial charge in [0, 0.05) is 32.7 Å². The summed E-state index contributed by atoms with van der Waals surface area (Å²) in [7, 11) is 0. The van der Waals surface area contributed by atoms with Crippen molar-refractivity contribution in [3.05, 3.63) is 33.8 Å². The number of carbonyl (C=O) groups is 1. The molecule has 3 fully saturated rings. The molecular formula is C13H13BrF2N2O. The largest absolute Gasteiger partial charge is 0.299 e. The van der Waals surface area contributed by atoms with Crippen LogP contribution in [0.4, 0.5) is 8.78 Å². The molecule has 0 spiro atoms. The Morgan fingerprint density at radius 1 is 1.21 bits per heavy atom. The molecule has 0 radical (unpaired) electrons. The van der Waals surface area contributed by atoms with Gasteiger partial charge in [-0.25, -0.2) is 8.78 Å². The molecule has 0 N–H and O–H groups in total. The van der Waals surface area contributed by atoms with Crippen LogP contribution in [0.25, 0.3) is 0 Å². The molecule has 1 aromatic rings. The third kappa shape index (κ3) is 2.22. The van der Waals surface area contributed by atoms with E-state index in [1.54, 1.807) is 0 Å². The Hall–Kier alpha value is -0.850. The molecule has 19 heavy (non-hydrogen) atoms. The number of rotatable bonds is 2. The van der Waals surface area contributed by atoms with Crippen LogP contribution >= 0.6 is 15.9 Å². The normalized spacial score (nSPS) is 29.5. The van der Waals surface area contributed by atoms with Crippen molar-refractivity contribution in [1.82, 2.24) is 9.80 Å². The van der Waals surface area contributed by atoms with Gasteiger partial charge in [-0.05, 0) is 28.1 Å². The summed E-state index contributed by atoms with van der Waals surface area (Å²) in [6, 6.07) is 1.97. The minimum atomic E-state index is -0.803. The SMILES string of the molecule is O=C(c1c(F)ccc(Br)c1F)C1CN2CCN1CC2. The van der Waals surface area contributed by atoms with Crippen LogP contribution in [-0.4, -0.2) is 54.3 Å². The number of halogens is 3. The molecule has 6 heteroatoms. The average molecular weight is 331 g/mol. The standard InChI is InChI=1S/C13H13BrF2N2O/c14-8-1-2-9(15)11(12(8)16)13(19)10-7-17-3-5-18(10)6-4-17/h1-2,10H,3-7H2. The maximum absolute atomic E-state index is 14.0. The molecule has 2 bridgehead atoms. The number of ketones is 1. The Morgan fingerprint density at radius 3 is 2.47 bits per heavy atom. The van der Waals surface area contributed by atoms with Crippen LogP contribution in [0.5, 0.6) is 0 Å². The average Bonchev–Trinajstić information content (AvgIpc) is 2.44. The Kier molecular flexibility index (Phi) is 3.41. The van der Waals surface area contributed by atoms with E-state index >= 15 is 0 Å². The summed E-state index contributed by atoms with van der Waals surface area (Å²) >= 11 is 3.00. The van der Waals surface area contributed by atoms with Gasteiger partial charge in [0.1, 0.15) is 5.82 Å². The van der Waals surface area contributed by atoms with Crippen molar-refractivity contribution in [2.24, 2.45) is 0 Å². The van der Waals surface area contributed by atoms with Crippen molar-refractivity contribution in [2.45, 2.75) is 6.04 Å². The van der Waals surface area contributed by atoms with Gasteiger partial charge >= 0.3 is 0 Å². The van der Waals surface area contributed by atoms with E-state index in [9.17, 15) is 13.6 Å². The van der Waals surface area contributed by atoms with Gasteiger partial charge in [-0.15, -0.1) is 0 Å². The van der Waals surface area contributed by atoms with E-state index < -0.39 is 29.0 Å². The Labute approximate surface area is 118 Å². The van der Waals surface area contributed by atoms with Crippen LogP contribution in [-0.2, 0) is 0 Å². The highest BCUT2D eigenvalue weighted by atomic mass is 79.9. The summed E-state index contributed by atoms with van der Waals surface area (Å²) in [5.41, 5.74) is -0.423. The van der Waals surface area contributed by atoms with Gasteiger partial charge in [0.15, 0.2) is 11.6 Å². The number of nitrogens with zero attached hydrogens (tertiary/aromatic N) is 2. The van der Waals surface area contributed by atoms with Gasteiger partial charge in [-0.2, -0.15) is 0 Å². The lowest BCUT2D eigenvalue weighted by Gasteiger charge is -2.46. The number of benzene rings is 1. The van der Waals surface area contributed by atoms with E-state index in [0.29, 0.717) is 6.54 Å². The third-order valence-corrected chi connectivity index (χ3v) is 4.48. The van der Waals surface area contributed by atoms with Crippen molar-refractivity contribution in [3.8, 4) is 0 Å². The molecule has 102 valence electrons. The molecule has 0 saturated carbocycles. The molecule has 4 rings (SSSR count). The zero-order chi connectivity index (χ0) is 13.6. The van der Waals surface area contributed by atoms with E-state index in [0.717, 1.165) is 32.2 Å². The van der Waals surface area contributed by atoms with Gasteiger partial charge < -0.3 is 0 Å². The first-order valence-corrected chi connectivity index (χ1v) is 7.01. The predicted molar refractivity (Wildman–Crippen MR) is 70.2 cm³/mol. The molecular weight excluding hydrogens is 318 g/mol. The van der Waals surface area contributed by atoms with Crippen LogP contribution in [0.2, 0.25) is 0 Å². The van der Waals surface area contributed by atoms with Crippen molar-refractivity contribution in [2.75, 3.05) is 32.7 Å². The molecule has 3 saturated heterocycles. The fourth-order valence-electron chi connectivity index (χ4n) is 2.79. The van der Waals surface area contributed by atoms with E-state index in [4.69, 9.17) is 0 Å². The van der Waals surface area contributed by atoms with Gasteiger partial charge in [0.05, 0.1) is 16.1 Å². The van der Waals surface area contributed by atoms with Gasteiger partial charge in [-0.1, -0.05) is 0 Å². The zero-order valence-corrected chi connectivity index (χ0v) is 11.8. The zero-order valence-electron chi connectivity index (χ0n) is 10.2. The van der Waals surface area contributed by atoms with Gasteiger partial charge in [0.25, 0.3) is 0 Å². The minimum absolute atomic E-state index is 0.119. The monoisotopic (exact) mass is 330 g/mol. The van der Waals surface area contributed by atoms with Crippen LogP contribution in [0, 0.1) is 11.6 Å². The van der Waals surface area contributed by atoms with Crippen molar-refractivity contribution < 1.29 is 13.6 Å². The highest BCUT2D eigenvalue weighted by molar-refractivity contribution is 9.10. The summed E-state index contributed by atoms with van der Waals surface area (Å²) in [5, 5.41) is 0. The van der Waals surface area contributed by atoms with Crippen molar-refractivity contribution >= 4 is 21.7 Å². The Balaban J connectivity index is 1.94. The quantitative estimate of drug-likeness (QED) is 0.611. The van der Waals surface area contributed by atoms with Crippen LogP contribution in [0.1, 0.15) is 10.4 Å². The number of piperazine rings is 3. The molecule has 3 aliphatic rings. The topological polar surface area (TPSA) is 23.6 Å². The Morgan fingerprint density at radius 2 is 1.89 bits per heavy atom. The highest BCUT2D eigenvalue weighted by Gasteiger charge is 2.38. The first kappa shape index (κ1) is 13.1. The van der Waals surface area contributed by atoms with E-state index in [-0.39, 0.29) is 4.47 Å². The summed E-state index contributed by atoms with van der Waals surface area (Å²) in [4.78, 5) is 16.6. The second kappa shape index (κ2) is 4.92. The van der Waals surface area contributed by atoms with Crippen molar-refractivity contribution in [3.63, 3.8) is 0 Å². The lowest BCUT2D eigenvalue weighted by molar-refractivity contribution is 0.0155. The minimum Gasteiger partial charge on any atom is -0.299 e. The van der Waals surface area contributed by atoms with E-state index in [1.165, 1.54) is 6.07 Å². The van der Waals surface area contributed by atoms with Crippen LogP contribution in [0.3, 0.4) is 0 Å². The van der Waals surface area contributed by atoms with E-state index in [2.05, 4.69) is 20.8 Å². The second-order valence-corrected chi connectivity index (χ2v) is 5.79. The highest BCUT2D eigenvalue weighted by Crippen LogP contribution is 2.26. The van der Waals surface area contributed by atoms with Crippen molar-refractivity contribution in [1.29, 1.82) is 0 Å². The third-order valence-electron chi connectivity index (χ3n) is 3.87. The predicted octanol–water partition coefficient (Wildman–Crippen LogP) is 1.91. The summed E-state index contributed by atoms with van der Waals surface area (Å²) in [5.74, 6) is -2.05.